The number of carbonyl (C=O) groups is 1. The highest BCUT2D eigenvalue weighted by Gasteiger charge is 2.24. The third kappa shape index (κ3) is 4.33. The molecule has 146 valence electrons. The summed E-state index contributed by atoms with van der Waals surface area (Å²) in [6.07, 6.45) is 2.08. The maximum atomic E-state index is 12.5. The van der Waals surface area contributed by atoms with Crippen molar-refractivity contribution < 1.29 is 9.72 Å². The number of nitrogens with zero attached hydrogens (tertiary/aromatic N) is 7. The van der Waals surface area contributed by atoms with Gasteiger partial charge in [0.05, 0.1) is 22.6 Å². The molecule has 1 fully saturated rings. The largest absolute Gasteiger partial charge is 0.390 e. The number of aryl methyl sites for hydroxylation is 3. The Hall–Kier alpha value is -2.75. The molecule has 0 radical (unpaired) electrons. The van der Waals surface area contributed by atoms with Crippen molar-refractivity contribution in [1.82, 2.24) is 29.4 Å². The average Bonchev–Trinajstić information content (AvgIpc) is 3.18. The van der Waals surface area contributed by atoms with Crippen molar-refractivity contribution >= 4 is 11.7 Å². The first-order valence-electron chi connectivity index (χ1n) is 9.09. The Morgan fingerprint density at radius 3 is 2.48 bits per heavy atom. The molecule has 0 spiro atoms. The summed E-state index contributed by atoms with van der Waals surface area (Å²) in [5.41, 5.74) is 2.87. The zero-order chi connectivity index (χ0) is 19.6. The smallest absolute Gasteiger partial charge is 0.358 e. The molecule has 1 aliphatic rings. The van der Waals surface area contributed by atoms with Crippen LogP contribution in [0, 0.1) is 24.0 Å². The van der Waals surface area contributed by atoms with Crippen molar-refractivity contribution in [2.45, 2.75) is 40.4 Å². The van der Waals surface area contributed by atoms with E-state index in [0.717, 1.165) is 31.9 Å². The first-order valence-corrected chi connectivity index (χ1v) is 9.09. The van der Waals surface area contributed by atoms with Crippen LogP contribution in [-0.2, 0) is 24.4 Å². The lowest BCUT2D eigenvalue weighted by molar-refractivity contribution is -0.389. The van der Waals surface area contributed by atoms with E-state index in [1.54, 1.807) is 11.8 Å². The second kappa shape index (κ2) is 7.87. The second-order valence-electron chi connectivity index (χ2n) is 6.81. The molecule has 0 atom stereocenters. The Labute approximate surface area is 157 Å². The molecule has 0 N–H and O–H groups in total. The van der Waals surface area contributed by atoms with E-state index in [9.17, 15) is 14.9 Å². The molecular formula is C17H25N7O3. The highest BCUT2D eigenvalue weighted by Crippen LogP contribution is 2.14. The Morgan fingerprint density at radius 1 is 1.22 bits per heavy atom. The minimum absolute atomic E-state index is 0.0298. The van der Waals surface area contributed by atoms with Gasteiger partial charge in [0.1, 0.15) is 6.54 Å². The van der Waals surface area contributed by atoms with Gasteiger partial charge in [0, 0.05) is 51.0 Å². The van der Waals surface area contributed by atoms with Crippen molar-refractivity contribution in [1.29, 1.82) is 0 Å². The highest BCUT2D eigenvalue weighted by molar-refractivity contribution is 5.76. The number of carbonyl (C=O) groups excluding carboxylic acids is 1. The molecule has 2 aromatic rings. The predicted molar refractivity (Wildman–Crippen MR) is 98.1 cm³/mol. The zero-order valence-corrected chi connectivity index (χ0v) is 16.0. The Kier molecular flexibility index (Phi) is 5.54. The summed E-state index contributed by atoms with van der Waals surface area (Å²) in [6.45, 7) is 10.4. The molecular weight excluding hydrogens is 350 g/mol. The molecule has 1 amide bonds. The summed E-state index contributed by atoms with van der Waals surface area (Å²) in [6, 6.07) is 1.38. The van der Waals surface area contributed by atoms with Gasteiger partial charge in [-0.15, -0.1) is 0 Å². The second-order valence-corrected chi connectivity index (χ2v) is 6.81. The molecule has 0 aliphatic carbocycles. The standard InChI is InChI=1S/C17H25N7O3/c1-4-22-11-15(14(3)18-22)10-20-5-7-21(8-6-20)17(25)12-23-13(2)9-16(19-23)24(26)27/h9,11H,4-8,10,12H2,1-3H3. The van der Waals surface area contributed by atoms with Crippen LogP contribution in [0.5, 0.6) is 0 Å². The highest BCUT2D eigenvalue weighted by atomic mass is 16.6. The summed E-state index contributed by atoms with van der Waals surface area (Å²) in [5.74, 6) is -0.293. The number of hydrogen-bond donors (Lipinski definition) is 0. The van der Waals surface area contributed by atoms with Crippen LogP contribution >= 0.6 is 0 Å². The van der Waals surface area contributed by atoms with E-state index in [-0.39, 0.29) is 18.3 Å². The van der Waals surface area contributed by atoms with E-state index in [0.29, 0.717) is 18.8 Å². The summed E-state index contributed by atoms with van der Waals surface area (Å²) in [5, 5.41) is 19.2. The predicted octanol–water partition coefficient (Wildman–Crippen LogP) is 0.969. The molecule has 10 nitrogen and oxygen atoms in total. The van der Waals surface area contributed by atoms with Crippen molar-refractivity contribution in [3.63, 3.8) is 0 Å². The fourth-order valence-electron chi connectivity index (χ4n) is 3.24. The monoisotopic (exact) mass is 375 g/mol. The average molecular weight is 375 g/mol. The van der Waals surface area contributed by atoms with Gasteiger partial charge < -0.3 is 15.0 Å². The van der Waals surface area contributed by atoms with Gasteiger partial charge in [-0.05, 0) is 25.7 Å². The van der Waals surface area contributed by atoms with Crippen LogP contribution in [0.15, 0.2) is 12.3 Å². The molecule has 0 unspecified atom stereocenters. The number of amides is 1. The lowest BCUT2D eigenvalue weighted by Gasteiger charge is -2.34. The van der Waals surface area contributed by atoms with Crippen LogP contribution in [0.1, 0.15) is 23.9 Å². The quantitative estimate of drug-likeness (QED) is 0.551. The van der Waals surface area contributed by atoms with Gasteiger partial charge in [0.15, 0.2) is 0 Å². The Bertz CT molecular complexity index is 834. The summed E-state index contributed by atoms with van der Waals surface area (Å²) in [4.78, 5) is 26.9. The summed E-state index contributed by atoms with van der Waals surface area (Å²) in [7, 11) is 0. The van der Waals surface area contributed by atoms with Gasteiger partial charge >= 0.3 is 5.82 Å². The number of rotatable bonds is 6. The lowest BCUT2D eigenvalue weighted by Crippen LogP contribution is -2.49. The van der Waals surface area contributed by atoms with E-state index in [1.165, 1.54) is 16.3 Å². The fraction of sp³-hybridized carbons (Fsp3) is 0.588. The van der Waals surface area contributed by atoms with Crippen LogP contribution in [0.4, 0.5) is 5.82 Å². The Balaban J connectivity index is 1.53. The van der Waals surface area contributed by atoms with Crippen molar-refractivity contribution in [2.24, 2.45) is 0 Å². The summed E-state index contributed by atoms with van der Waals surface area (Å²) < 4.78 is 3.34. The van der Waals surface area contributed by atoms with E-state index in [2.05, 4.69) is 28.2 Å². The minimum atomic E-state index is -0.546. The van der Waals surface area contributed by atoms with Gasteiger partial charge in [-0.3, -0.25) is 14.4 Å². The van der Waals surface area contributed by atoms with Crippen LogP contribution in [0.25, 0.3) is 0 Å². The maximum absolute atomic E-state index is 12.5. The Morgan fingerprint density at radius 2 is 1.93 bits per heavy atom. The van der Waals surface area contributed by atoms with Crippen molar-refractivity contribution in [2.75, 3.05) is 26.2 Å². The van der Waals surface area contributed by atoms with Gasteiger partial charge in [-0.2, -0.15) is 9.78 Å². The normalized spacial score (nSPS) is 15.3. The third-order valence-corrected chi connectivity index (χ3v) is 4.93. The topological polar surface area (TPSA) is 102 Å². The number of piperazine rings is 1. The maximum Gasteiger partial charge on any atom is 0.390 e. The molecule has 3 rings (SSSR count). The fourth-order valence-corrected chi connectivity index (χ4v) is 3.24. The molecule has 0 aromatic carbocycles. The molecule has 0 bridgehead atoms. The molecule has 2 aromatic heterocycles. The van der Waals surface area contributed by atoms with Crippen LogP contribution in [0.2, 0.25) is 0 Å². The van der Waals surface area contributed by atoms with E-state index < -0.39 is 4.92 Å². The molecule has 1 aliphatic heterocycles. The van der Waals surface area contributed by atoms with Crippen LogP contribution in [0.3, 0.4) is 0 Å². The van der Waals surface area contributed by atoms with Gasteiger partial charge in [0.2, 0.25) is 5.91 Å². The lowest BCUT2D eigenvalue weighted by atomic mass is 10.2. The molecule has 10 heteroatoms. The SMILES string of the molecule is CCn1cc(CN2CCN(C(=O)Cn3nc([N+](=O)[O-])cc3C)CC2)c(C)n1. The first-order chi connectivity index (χ1) is 12.9. The van der Waals surface area contributed by atoms with Crippen LogP contribution in [-0.4, -0.2) is 66.4 Å². The molecule has 27 heavy (non-hydrogen) atoms. The van der Waals surface area contributed by atoms with Crippen molar-refractivity contribution in [3.8, 4) is 0 Å². The molecule has 3 heterocycles. The van der Waals surface area contributed by atoms with Gasteiger partial charge in [-0.25, -0.2) is 0 Å². The van der Waals surface area contributed by atoms with Crippen molar-refractivity contribution in [3.05, 3.63) is 39.3 Å². The zero-order valence-electron chi connectivity index (χ0n) is 16.0. The summed E-state index contributed by atoms with van der Waals surface area (Å²) >= 11 is 0. The third-order valence-electron chi connectivity index (χ3n) is 4.93. The number of hydrogen-bond acceptors (Lipinski definition) is 6. The molecule has 0 saturated carbocycles. The van der Waals surface area contributed by atoms with E-state index >= 15 is 0 Å². The van der Waals surface area contributed by atoms with Gasteiger partial charge in [-0.1, -0.05) is 0 Å². The number of nitro groups is 1. The minimum Gasteiger partial charge on any atom is -0.358 e. The molecule has 1 saturated heterocycles. The van der Waals surface area contributed by atoms with E-state index in [1.807, 2.05) is 11.6 Å². The number of aromatic nitrogens is 4. The van der Waals surface area contributed by atoms with E-state index in [4.69, 9.17) is 0 Å². The van der Waals surface area contributed by atoms with Gasteiger partial charge in [0.25, 0.3) is 0 Å². The van der Waals surface area contributed by atoms with Crippen LogP contribution < -0.4 is 0 Å². The first kappa shape index (κ1) is 19.0.